The molecule has 11 heteroatoms. The van der Waals surface area contributed by atoms with Gasteiger partial charge in [-0.2, -0.15) is 4.31 Å². The van der Waals surface area contributed by atoms with Crippen LogP contribution in [0.3, 0.4) is 0 Å². The Morgan fingerprint density at radius 2 is 1.67 bits per heavy atom. The zero-order chi connectivity index (χ0) is 27.8. The predicted molar refractivity (Wildman–Crippen MR) is 153 cm³/mol. The summed E-state index contributed by atoms with van der Waals surface area (Å²) in [6.07, 6.45) is 3.83. The molecule has 0 saturated carbocycles. The molecule has 1 atom stereocenters. The zero-order valence-electron chi connectivity index (χ0n) is 21.6. The largest absolute Gasteiger partial charge is 0.279 e. The third-order valence-electron chi connectivity index (χ3n) is 6.89. The predicted octanol–water partition coefficient (Wildman–Crippen LogP) is 5.11. The number of thiazole rings is 1. The molecule has 0 spiro atoms. The number of benzene rings is 3. The molecular weight excluding hydrogens is 555 g/mol. The minimum Gasteiger partial charge on any atom is -0.279 e. The lowest BCUT2D eigenvalue weighted by molar-refractivity contribution is 0.0985. The number of aromatic nitrogens is 1. The maximum absolute atomic E-state index is 13.8. The van der Waals surface area contributed by atoms with Crippen LogP contribution in [0.15, 0.2) is 82.6 Å². The Balaban J connectivity index is 1.49. The Hall–Kier alpha value is -3.12. The van der Waals surface area contributed by atoms with Crippen molar-refractivity contribution in [3.05, 3.63) is 83.9 Å². The minimum absolute atomic E-state index is 0.0614. The molecule has 1 unspecified atom stereocenters. The molecule has 5 rings (SSSR count). The number of fused-ring (bicyclic) bond motifs is 1. The molecule has 204 valence electrons. The number of carbonyl (C=O) groups is 1. The molecule has 3 aromatic carbocycles. The third kappa shape index (κ3) is 5.76. The highest BCUT2D eigenvalue weighted by Gasteiger charge is 2.31. The van der Waals surface area contributed by atoms with Crippen molar-refractivity contribution in [2.24, 2.45) is 0 Å². The number of hydrogen-bond donors (Lipinski definition) is 0. The summed E-state index contributed by atoms with van der Waals surface area (Å²) in [7, 11) is -7.05. The Morgan fingerprint density at radius 3 is 2.33 bits per heavy atom. The molecule has 39 heavy (non-hydrogen) atoms. The number of carbonyl (C=O) groups excluding carboxylic acids is 1. The fraction of sp³-hybridized carbons (Fsp3) is 0.286. The van der Waals surface area contributed by atoms with E-state index in [0.717, 1.165) is 31.1 Å². The fourth-order valence-corrected chi connectivity index (χ4v) is 8.14. The van der Waals surface area contributed by atoms with Crippen molar-refractivity contribution < 1.29 is 21.6 Å². The second kappa shape index (κ2) is 10.8. The number of sulfone groups is 1. The van der Waals surface area contributed by atoms with Crippen molar-refractivity contribution in [1.82, 2.24) is 9.29 Å². The summed E-state index contributed by atoms with van der Waals surface area (Å²) in [5.74, 6) is -0.337. The molecule has 8 nitrogen and oxygen atoms in total. The van der Waals surface area contributed by atoms with E-state index >= 15 is 0 Å². The molecule has 1 aromatic heterocycles. The highest BCUT2D eigenvalue weighted by molar-refractivity contribution is 7.90. The first kappa shape index (κ1) is 27.4. The van der Waals surface area contributed by atoms with Gasteiger partial charge in [-0.3, -0.25) is 9.69 Å². The smallest absolute Gasteiger partial charge is 0.260 e. The standard InChI is InChI=1S/C28H29N3O5S3/c1-20-8-6-7-17-31(20)39(35,36)23-13-11-22(12-14-23)27(32)30(19-21-9-4-3-5-10-21)28-29-25-16-15-24(38(2,33)34)18-26(25)37-28/h3-5,9-16,18,20H,6-8,17,19H2,1-2H3. The van der Waals surface area contributed by atoms with Crippen LogP contribution in [0.1, 0.15) is 42.1 Å². The summed E-state index contributed by atoms with van der Waals surface area (Å²) in [6, 6.07) is 20.2. The maximum Gasteiger partial charge on any atom is 0.260 e. The van der Waals surface area contributed by atoms with Gasteiger partial charge in [-0.05, 0) is 67.8 Å². The van der Waals surface area contributed by atoms with E-state index in [2.05, 4.69) is 4.98 Å². The normalized spacial score (nSPS) is 16.8. The maximum atomic E-state index is 13.8. The Kier molecular flexibility index (Phi) is 7.60. The van der Waals surface area contributed by atoms with Gasteiger partial charge in [-0.15, -0.1) is 0 Å². The highest BCUT2D eigenvalue weighted by Crippen LogP contribution is 2.33. The number of nitrogens with zero attached hydrogens (tertiary/aromatic N) is 3. The summed E-state index contributed by atoms with van der Waals surface area (Å²) in [4.78, 5) is 20.3. The first-order valence-corrected chi connectivity index (χ1v) is 16.8. The van der Waals surface area contributed by atoms with Gasteiger partial charge in [0, 0.05) is 24.4 Å². The molecule has 0 radical (unpaired) electrons. The van der Waals surface area contributed by atoms with Gasteiger partial charge in [0.05, 0.1) is 26.6 Å². The van der Waals surface area contributed by atoms with Gasteiger partial charge in [0.15, 0.2) is 15.0 Å². The van der Waals surface area contributed by atoms with Gasteiger partial charge in [0.25, 0.3) is 5.91 Å². The average molecular weight is 584 g/mol. The van der Waals surface area contributed by atoms with Crippen LogP contribution in [0.2, 0.25) is 0 Å². The second-order valence-corrected chi connectivity index (χ2v) is 14.7. The van der Waals surface area contributed by atoms with Crippen LogP contribution in [0, 0.1) is 0 Å². The Labute approximate surface area is 232 Å². The van der Waals surface area contributed by atoms with Gasteiger partial charge in [0.1, 0.15) is 0 Å². The number of amides is 1. The van der Waals surface area contributed by atoms with Gasteiger partial charge in [-0.25, -0.2) is 21.8 Å². The minimum atomic E-state index is -3.66. The first-order chi connectivity index (χ1) is 18.5. The fourth-order valence-electron chi connectivity index (χ4n) is 4.72. The van der Waals surface area contributed by atoms with Crippen molar-refractivity contribution in [3.8, 4) is 0 Å². The molecular formula is C28H29N3O5S3. The lowest BCUT2D eigenvalue weighted by Gasteiger charge is -2.32. The highest BCUT2D eigenvalue weighted by atomic mass is 32.2. The molecule has 1 saturated heterocycles. The van der Waals surface area contributed by atoms with Crippen molar-refractivity contribution in [2.45, 2.75) is 48.6 Å². The van der Waals surface area contributed by atoms with E-state index in [1.54, 1.807) is 16.4 Å². The van der Waals surface area contributed by atoms with Crippen molar-refractivity contribution in [2.75, 3.05) is 17.7 Å². The van der Waals surface area contributed by atoms with Crippen LogP contribution < -0.4 is 4.90 Å². The van der Waals surface area contributed by atoms with Crippen LogP contribution in [0.25, 0.3) is 10.2 Å². The number of piperidine rings is 1. The van der Waals surface area contributed by atoms with E-state index in [0.29, 0.717) is 27.5 Å². The van der Waals surface area contributed by atoms with Crippen molar-refractivity contribution in [3.63, 3.8) is 0 Å². The Morgan fingerprint density at radius 1 is 0.974 bits per heavy atom. The topological polar surface area (TPSA) is 105 Å². The number of hydrogen-bond acceptors (Lipinski definition) is 7. The van der Waals surface area contributed by atoms with Gasteiger partial charge < -0.3 is 0 Å². The summed E-state index contributed by atoms with van der Waals surface area (Å²) < 4.78 is 52.8. The van der Waals surface area contributed by atoms with Crippen LogP contribution in [0.5, 0.6) is 0 Å². The number of sulfonamides is 1. The quantitative estimate of drug-likeness (QED) is 0.300. The van der Waals surface area contributed by atoms with Crippen LogP contribution in [-0.2, 0) is 26.4 Å². The second-order valence-electron chi connectivity index (χ2n) is 9.76. The van der Waals surface area contributed by atoms with Crippen LogP contribution in [-0.4, -0.2) is 50.9 Å². The molecule has 1 amide bonds. The zero-order valence-corrected chi connectivity index (χ0v) is 24.1. The van der Waals surface area contributed by atoms with Crippen molar-refractivity contribution in [1.29, 1.82) is 0 Å². The third-order valence-corrected chi connectivity index (χ3v) is 11.1. The van der Waals surface area contributed by atoms with E-state index in [4.69, 9.17) is 0 Å². The van der Waals surface area contributed by atoms with E-state index in [1.165, 1.54) is 46.6 Å². The van der Waals surface area contributed by atoms with Crippen molar-refractivity contribution >= 4 is 52.5 Å². The number of anilines is 1. The van der Waals surface area contributed by atoms with Gasteiger partial charge in [0.2, 0.25) is 10.0 Å². The van der Waals surface area contributed by atoms with E-state index in [1.807, 2.05) is 37.3 Å². The molecule has 0 N–H and O–H groups in total. The molecule has 1 aliphatic rings. The van der Waals surface area contributed by atoms with E-state index < -0.39 is 19.9 Å². The molecule has 0 aliphatic carbocycles. The molecule has 0 bridgehead atoms. The summed E-state index contributed by atoms with van der Waals surface area (Å²) in [5.41, 5.74) is 1.80. The lowest BCUT2D eigenvalue weighted by atomic mass is 10.1. The molecule has 1 aliphatic heterocycles. The summed E-state index contributed by atoms with van der Waals surface area (Å²) in [6.45, 7) is 2.66. The lowest BCUT2D eigenvalue weighted by Crippen LogP contribution is -2.41. The summed E-state index contributed by atoms with van der Waals surface area (Å²) in [5, 5.41) is 0.420. The molecule has 4 aromatic rings. The van der Waals surface area contributed by atoms with E-state index in [-0.39, 0.29) is 28.3 Å². The van der Waals surface area contributed by atoms with E-state index in [9.17, 15) is 21.6 Å². The summed E-state index contributed by atoms with van der Waals surface area (Å²) >= 11 is 1.23. The van der Waals surface area contributed by atoms with Crippen LogP contribution in [0.4, 0.5) is 5.13 Å². The first-order valence-electron chi connectivity index (χ1n) is 12.6. The Bertz CT molecular complexity index is 1720. The monoisotopic (exact) mass is 583 g/mol. The van der Waals surface area contributed by atoms with Crippen LogP contribution >= 0.6 is 11.3 Å². The molecule has 2 heterocycles. The average Bonchev–Trinajstić information content (AvgIpc) is 3.35. The van der Waals surface area contributed by atoms with Gasteiger partial charge in [-0.1, -0.05) is 48.1 Å². The molecule has 1 fully saturated rings. The van der Waals surface area contributed by atoms with Gasteiger partial charge >= 0.3 is 0 Å². The number of rotatable bonds is 7. The SMILES string of the molecule is CC1CCCCN1S(=O)(=O)c1ccc(C(=O)N(Cc2ccccc2)c2nc3ccc(S(C)(=O)=O)cc3s2)cc1.